The summed E-state index contributed by atoms with van der Waals surface area (Å²) in [7, 11) is 0. The van der Waals surface area contributed by atoms with Crippen LogP contribution in [0.3, 0.4) is 0 Å². The summed E-state index contributed by atoms with van der Waals surface area (Å²) >= 11 is 1.28. The highest BCUT2D eigenvalue weighted by atomic mass is 32.1. The van der Waals surface area contributed by atoms with Gasteiger partial charge in [-0.15, -0.1) is 11.3 Å². The molecule has 154 valence electrons. The molecule has 0 N–H and O–H groups in total. The van der Waals surface area contributed by atoms with Crippen LogP contribution in [-0.4, -0.2) is 52.8 Å². The monoisotopic (exact) mass is 427 g/mol. The Morgan fingerprint density at radius 1 is 0.833 bits per heavy atom. The molecule has 1 aromatic heterocycles. The molecule has 1 fully saturated rings. The lowest BCUT2D eigenvalue weighted by Gasteiger charge is -2.34. The van der Waals surface area contributed by atoms with Gasteiger partial charge in [0.1, 0.15) is 21.5 Å². The molecule has 0 radical (unpaired) electrons. The molecule has 2 aromatic carbocycles. The predicted octanol–water partition coefficient (Wildman–Crippen LogP) is 3.99. The van der Waals surface area contributed by atoms with E-state index >= 15 is 0 Å². The molecule has 2 heterocycles. The Morgan fingerprint density at radius 3 is 1.90 bits per heavy atom. The van der Waals surface area contributed by atoms with Crippen LogP contribution in [0.4, 0.5) is 8.78 Å². The normalized spacial score (nSPS) is 14.1. The van der Waals surface area contributed by atoms with Gasteiger partial charge >= 0.3 is 0 Å². The van der Waals surface area contributed by atoms with Gasteiger partial charge in [-0.1, -0.05) is 0 Å². The number of nitrogens with zero attached hydrogens (tertiary/aromatic N) is 3. The van der Waals surface area contributed by atoms with Gasteiger partial charge in [-0.3, -0.25) is 9.59 Å². The minimum Gasteiger partial charge on any atom is -0.335 e. The fourth-order valence-electron chi connectivity index (χ4n) is 3.34. The number of carbonyl (C=O) groups excluding carboxylic acids is 2. The molecule has 1 aliphatic heterocycles. The number of piperazine rings is 1. The molecule has 0 saturated carbocycles. The topological polar surface area (TPSA) is 53.5 Å². The van der Waals surface area contributed by atoms with Gasteiger partial charge in [0.25, 0.3) is 11.8 Å². The summed E-state index contributed by atoms with van der Waals surface area (Å²) in [4.78, 5) is 34.0. The molecular weight excluding hydrogens is 408 g/mol. The number of hydrogen-bond acceptors (Lipinski definition) is 4. The zero-order valence-corrected chi connectivity index (χ0v) is 17.1. The maximum atomic E-state index is 13.2. The first-order valence-corrected chi connectivity index (χ1v) is 10.3. The minimum absolute atomic E-state index is 0.118. The van der Waals surface area contributed by atoms with E-state index in [1.165, 1.54) is 47.7 Å². The minimum atomic E-state index is -0.387. The Kier molecular flexibility index (Phi) is 5.59. The molecule has 5 nitrogen and oxygen atoms in total. The molecule has 0 atom stereocenters. The smallest absolute Gasteiger partial charge is 0.265 e. The van der Waals surface area contributed by atoms with Crippen molar-refractivity contribution in [1.29, 1.82) is 0 Å². The standard InChI is InChI=1S/C22H19F2N3O2S/c1-14-19(30-20(25-14)15-2-6-17(23)7-3-15)22(29)27-12-10-26(11-13-27)21(28)16-4-8-18(24)9-5-16/h2-9H,10-13H2,1H3. The van der Waals surface area contributed by atoms with Crippen LogP contribution in [0.25, 0.3) is 10.6 Å². The lowest BCUT2D eigenvalue weighted by Crippen LogP contribution is -2.50. The van der Waals surface area contributed by atoms with Crippen LogP contribution in [0.2, 0.25) is 0 Å². The Labute approximate surface area is 176 Å². The van der Waals surface area contributed by atoms with Crippen LogP contribution in [0.5, 0.6) is 0 Å². The third-order valence-corrected chi connectivity index (χ3v) is 6.22. The third kappa shape index (κ3) is 4.09. The second-order valence-electron chi connectivity index (χ2n) is 7.03. The molecule has 2 amide bonds. The van der Waals surface area contributed by atoms with Gasteiger partial charge in [0.15, 0.2) is 0 Å². The van der Waals surface area contributed by atoms with Crippen molar-refractivity contribution in [3.05, 3.63) is 76.3 Å². The predicted molar refractivity (Wildman–Crippen MR) is 110 cm³/mol. The molecule has 8 heteroatoms. The molecule has 0 unspecified atom stereocenters. The molecule has 4 rings (SSSR count). The molecule has 3 aromatic rings. The zero-order valence-electron chi connectivity index (χ0n) is 16.3. The van der Waals surface area contributed by atoms with Gasteiger partial charge in [-0.05, 0) is 55.5 Å². The number of aryl methyl sites for hydroxylation is 1. The fraction of sp³-hybridized carbons (Fsp3) is 0.227. The van der Waals surface area contributed by atoms with E-state index in [1.807, 2.05) is 0 Å². The number of benzene rings is 2. The summed E-state index contributed by atoms with van der Waals surface area (Å²) in [5, 5.41) is 0.668. The number of hydrogen-bond donors (Lipinski definition) is 0. The van der Waals surface area contributed by atoms with Crippen molar-refractivity contribution >= 4 is 23.2 Å². The Balaban J connectivity index is 1.42. The molecular formula is C22H19F2N3O2S. The first kappa shape index (κ1) is 20.2. The van der Waals surface area contributed by atoms with E-state index < -0.39 is 0 Å². The van der Waals surface area contributed by atoms with Crippen LogP contribution in [0, 0.1) is 18.6 Å². The number of halogens is 2. The lowest BCUT2D eigenvalue weighted by atomic mass is 10.1. The van der Waals surface area contributed by atoms with Crippen LogP contribution < -0.4 is 0 Å². The summed E-state index contributed by atoms with van der Waals surface area (Å²) < 4.78 is 26.2. The molecule has 30 heavy (non-hydrogen) atoms. The summed E-state index contributed by atoms with van der Waals surface area (Å²) in [6, 6.07) is 11.5. The molecule has 0 bridgehead atoms. The largest absolute Gasteiger partial charge is 0.335 e. The van der Waals surface area contributed by atoms with E-state index in [4.69, 9.17) is 0 Å². The first-order valence-electron chi connectivity index (χ1n) is 9.50. The number of carbonyl (C=O) groups is 2. The number of aromatic nitrogens is 1. The summed E-state index contributed by atoms with van der Waals surface area (Å²) in [5.74, 6) is -1.000. The van der Waals surface area contributed by atoms with Gasteiger partial charge in [0.05, 0.1) is 5.69 Å². The molecule has 0 aliphatic carbocycles. The molecule has 1 aliphatic rings. The highest BCUT2D eigenvalue weighted by molar-refractivity contribution is 7.17. The van der Waals surface area contributed by atoms with Gasteiger partial charge in [-0.2, -0.15) is 0 Å². The van der Waals surface area contributed by atoms with E-state index in [-0.39, 0.29) is 23.4 Å². The van der Waals surface area contributed by atoms with E-state index in [9.17, 15) is 18.4 Å². The van der Waals surface area contributed by atoms with Crippen molar-refractivity contribution in [3.63, 3.8) is 0 Å². The summed E-state index contributed by atoms with van der Waals surface area (Å²) in [6.07, 6.45) is 0. The molecule has 1 saturated heterocycles. The van der Waals surface area contributed by atoms with Gasteiger partial charge in [-0.25, -0.2) is 13.8 Å². The van der Waals surface area contributed by atoms with Crippen molar-refractivity contribution < 1.29 is 18.4 Å². The second-order valence-corrected chi connectivity index (χ2v) is 8.03. The highest BCUT2D eigenvalue weighted by Gasteiger charge is 2.28. The Morgan fingerprint density at radius 2 is 1.33 bits per heavy atom. The average Bonchev–Trinajstić information content (AvgIpc) is 3.15. The van der Waals surface area contributed by atoms with E-state index in [0.717, 1.165) is 5.56 Å². The van der Waals surface area contributed by atoms with E-state index in [1.54, 1.807) is 28.9 Å². The van der Waals surface area contributed by atoms with Crippen LogP contribution in [0.1, 0.15) is 25.7 Å². The van der Waals surface area contributed by atoms with Gasteiger partial charge in [0, 0.05) is 37.3 Å². The van der Waals surface area contributed by atoms with Crippen molar-refractivity contribution in [2.75, 3.05) is 26.2 Å². The summed E-state index contributed by atoms with van der Waals surface area (Å²) in [5.41, 5.74) is 1.82. The van der Waals surface area contributed by atoms with Crippen molar-refractivity contribution in [2.24, 2.45) is 0 Å². The molecule has 0 spiro atoms. The van der Waals surface area contributed by atoms with Crippen LogP contribution in [-0.2, 0) is 0 Å². The highest BCUT2D eigenvalue weighted by Crippen LogP contribution is 2.29. The number of rotatable bonds is 3. The van der Waals surface area contributed by atoms with Crippen LogP contribution >= 0.6 is 11.3 Å². The average molecular weight is 427 g/mol. The van der Waals surface area contributed by atoms with Crippen molar-refractivity contribution in [2.45, 2.75) is 6.92 Å². The van der Waals surface area contributed by atoms with Crippen molar-refractivity contribution in [1.82, 2.24) is 14.8 Å². The van der Waals surface area contributed by atoms with E-state index in [2.05, 4.69) is 4.98 Å². The second kappa shape index (κ2) is 8.31. The van der Waals surface area contributed by atoms with E-state index in [0.29, 0.717) is 47.3 Å². The van der Waals surface area contributed by atoms with Crippen LogP contribution in [0.15, 0.2) is 48.5 Å². The van der Waals surface area contributed by atoms with Crippen molar-refractivity contribution in [3.8, 4) is 10.6 Å². The number of amides is 2. The lowest BCUT2D eigenvalue weighted by molar-refractivity contribution is 0.0537. The first-order chi connectivity index (χ1) is 14.4. The number of thiazole rings is 1. The Hall–Kier alpha value is -3.13. The van der Waals surface area contributed by atoms with Gasteiger partial charge < -0.3 is 9.80 Å². The maximum absolute atomic E-state index is 13.2. The SMILES string of the molecule is Cc1nc(-c2ccc(F)cc2)sc1C(=O)N1CCN(C(=O)c2ccc(F)cc2)CC1. The maximum Gasteiger partial charge on any atom is 0.265 e. The zero-order chi connectivity index (χ0) is 21.3. The quantitative estimate of drug-likeness (QED) is 0.635. The fourth-order valence-corrected chi connectivity index (χ4v) is 4.38. The van der Waals surface area contributed by atoms with Gasteiger partial charge in [0.2, 0.25) is 0 Å². The summed E-state index contributed by atoms with van der Waals surface area (Å²) in [6.45, 7) is 3.42. The third-order valence-electron chi connectivity index (χ3n) is 5.03. The Bertz CT molecular complexity index is 1070.